The molecular weight excluding hydrogens is 250 g/mol. The molecule has 102 valence electrons. The van der Waals surface area contributed by atoms with Gasteiger partial charge in [-0.05, 0) is 18.4 Å². The molecule has 2 aliphatic heterocycles. The molecule has 1 aromatic carbocycles. The van der Waals surface area contributed by atoms with E-state index in [2.05, 4.69) is 33.1 Å². The van der Waals surface area contributed by atoms with Gasteiger partial charge in [0.1, 0.15) is 5.75 Å². The van der Waals surface area contributed by atoms with E-state index in [0.717, 1.165) is 48.9 Å². The number of ether oxygens (including phenoxy) is 1. The Morgan fingerprint density at radius 2 is 1.85 bits per heavy atom. The van der Waals surface area contributed by atoms with Gasteiger partial charge in [0.15, 0.2) is 0 Å². The second-order valence-electron chi connectivity index (χ2n) is 5.36. The molecule has 4 heteroatoms. The molecule has 3 heterocycles. The quantitative estimate of drug-likeness (QED) is 0.838. The predicted molar refractivity (Wildman–Crippen MR) is 78.1 cm³/mol. The molecule has 0 spiro atoms. The molecule has 1 fully saturated rings. The summed E-state index contributed by atoms with van der Waals surface area (Å²) in [6, 6.07) is 6.29. The summed E-state index contributed by atoms with van der Waals surface area (Å²) in [5, 5.41) is 0. The van der Waals surface area contributed by atoms with Crippen LogP contribution < -0.4 is 9.64 Å². The van der Waals surface area contributed by atoms with Crippen molar-refractivity contribution in [3.8, 4) is 16.9 Å². The number of fused-ring (bicyclic) bond motifs is 1. The van der Waals surface area contributed by atoms with Gasteiger partial charge in [0.25, 0.3) is 0 Å². The number of benzene rings is 1. The van der Waals surface area contributed by atoms with E-state index >= 15 is 0 Å². The zero-order valence-corrected chi connectivity index (χ0v) is 11.4. The van der Waals surface area contributed by atoms with Crippen LogP contribution in [0.5, 0.6) is 5.75 Å². The lowest BCUT2D eigenvalue weighted by molar-refractivity contribution is 0.358. The van der Waals surface area contributed by atoms with Crippen molar-refractivity contribution in [1.82, 2.24) is 9.97 Å². The van der Waals surface area contributed by atoms with Crippen LogP contribution in [-0.2, 0) is 6.42 Å². The van der Waals surface area contributed by atoms with Crippen LogP contribution in [0, 0.1) is 0 Å². The monoisotopic (exact) mass is 267 g/mol. The van der Waals surface area contributed by atoms with Gasteiger partial charge in [-0.1, -0.05) is 18.2 Å². The van der Waals surface area contributed by atoms with Crippen LogP contribution in [-0.4, -0.2) is 29.7 Å². The maximum atomic E-state index is 5.75. The topological polar surface area (TPSA) is 38.2 Å². The van der Waals surface area contributed by atoms with Gasteiger partial charge in [0.2, 0.25) is 5.95 Å². The van der Waals surface area contributed by atoms with E-state index in [0.29, 0.717) is 0 Å². The first-order valence-electron chi connectivity index (χ1n) is 7.24. The zero-order valence-electron chi connectivity index (χ0n) is 11.4. The third kappa shape index (κ3) is 1.92. The van der Waals surface area contributed by atoms with Crippen LogP contribution in [0.4, 0.5) is 5.95 Å². The molecular formula is C16H17N3O. The van der Waals surface area contributed by atoms with E-state index in [-0.39, 0.29) is 0 Å². The minimum Gasteiger partial charge on any atom is -0.492 e. The molecule has 2 aromatic rings. The van der Waals surface area contributed by atoms with Gasteiger partial charge in [-0.2, -0.15) is 0 Å². The third-order valence-corrected chi connectivity index (χ3v) is 4.05. The largest absolute Gasteiger partial charge is 0.492 e. The van der Waals surface area contributed by atoms with Crippen LogP contribution in [0.3, 0.4) is 0 Å². The van der Waals surface area contributed by atoms with Crippen molar-refractivity contribution in [2.45, 2.75) is 19.3 Å². The SMILES string of the molecule is c1cc2c(c(-c3cnc(N4CCCC4)nc3)c1)OCC2. The van der Waals surface area contributed by atoms with Gasteiger partial charge in [-0.25, -0.2) is 9.97 Å². The molecule has 0 N–H and O–H groups in total. The Kier molecular flexibility index (Phi) is 2.80. The lowest BCUT2D eigenvalue weighted by Crippen LogP contribution is -2.20. The fourth-order valence-electron chi connectivity index (χ4n) is 2.98. The maximum absolute atomic E-state index is 5.75. The summed E-state index contributed by atoms with van der Waals surface area (Å²) in [6.07, 6.45) is 7.31. The molecule has 0 aliphatic carbocycles. The maximum Gasteiger partial charge on any atom is 0.225 e. The van der Waals surface area contributed by atoms with Crippen molar-refractivity contribution in [2.24, 2.45) is 0 Å². The normalized spacial score (nSPS) is 17.1. The number of rotatable bonds is 2. The molecule has 0 amide bonds. The average Bonchev–Trinajstić information content (AvgIpc) is 3.18. The Labute approximate surface area is 118 Å². The van der Waals surface area contributed by atoms with Gasteiger partial charge in [0, 0.05) is 43.0 Å². The minimum atomic E-state index is 0.777. The highest BCUT2D eigenvalue weighted by atomic mass is 16.5. The van der Waals surface area contributed by atoms with Crippen molar-refractivity contribution < 1.29 is 4.74 Å². The zero-order chi connectivity index (χ0) is 13.4. The predicted octanol–water partition coefficient (Wildman–Crippen LogP) is 2.68. The van der Waals surface area contributed by atoms with Crippen molar-refractivity contribution in [3.05, 3.63) is 36.2 Å². The first-order chi connectivity index (χ1) is 9.92. The van der Waals surface area contributed by atoms with E-state index in [1.54, 1.807) is 0 Å². The molecule has 1 saturated heterocycles. The lowest BCUT2D eigenvalue weighted by Gasteiger charge is -2.15. The number of anilines is 1. The van der Waals surface area contributed by atoms with Gasteiger partial charge >= 0.3 is 0 Å². The Bertz CT molecular complexity index is 618. The third-order valence-electron chi connectivity index (χ3n) is 4.05. The van der Waals surface area contributed by atoms with E-state index in [4.69, 9.17) is 4.74 Å². The number of aromatic nitrogens is 2. The smallest absolute Gasteiger partial charge is 0.225 e. The summed E-state index contributed by atoms with van der Waals surface area (Å²) in [5.41, 5.74) is 3.42. The van der Waals surface area contributed by atoms with E-state index in [9.17, 15) is 0 Å². The summed E-state index contributed by atoms with van der Waals surface area (Å²) in [7, 11) is 0. The second kappa shape index (κ2) is 4.78. The summed E-state index contributed by atoms with van der Waals surface area (Å²) in [6.45, 7) is 2.92. The standard InChI is InChI=1S/C16H17N3O/c1-2-8-19(7-1)16-17-10-13(11-18-16)14-5-3-4-12-6-9-20-15(12)14/h3-5,10-11H,1-2,6-9H2. The van der Waals surface area contributed by atoms with Gasteiger partial charge in [-0.15, -0.1) is 0 Å². The summed E-state index contributed by atoms with van der Waals surface area (Å²) in [4.78, 5) is 11.3. The summed E-state index contributed by atoms with van der Waals surface area (Å²) < 4.78 is 5.75. The average molecular weight is 267 g/mol. The molecule has 4 rings (SSSR count). The highest BCUT2D eigenvalue weighted by Gasteiger charge is 2.18. The van der Waals surface area contributed by atoms with Gasteiger partial charge in [0.05, 0.1) is 6.61 Å². The van der Waals surface area contributed by atoms with E-state index in [1.807, 2.05) is 12.4 Å². The fourth-order valence-corrected chi connectivity index (χ4v) is 2.98. The molecule has 0 atom stereocenters. The van der Waals surface area contributed by atoms with E-state index < -0.39 is 0 Å². The molecule has 4 nitrogen and oxygen atoms in total. The van der Waals surface area contributed by atoms with Crippen LogP contribution in [0.2, 0.25) is 0 Å². The number of hydrogen-bond donors (Lipinski definition) is 0. The highest BCUT2D eigenvalue weighted by molar-refractivity contribution is 5.72. The summed E-state index contributed by atoms with van der Waals surface area (Å²) in [5.74, 6) is 1.85. The van der Waals surface area contributed by atoms with Crippen molar-refractivity contribution in [3.63, 3.8) is 0 Å². The minimum absolute atomic E-state index is 0.777. The number of nitrogens with zero attached hydrogens (tertiary/aromatic N) is 3. The Morgan fingerprint density at radius 1 is 1.05 bits per heavy atom. The molecule has 2 aliphatic rings. The van der Waals surface area contributed by atoms with Crippen LogP contribution in [0.25, 0.3) is 11.1 Å². The molecule has 0 radical (unpaired) electrons. The molecule has 0 saturated carbocycles. The number of hydrogen-bond acceptors (Lipinski definition) is 4. The Hall–Kier alpha value is -2.10. The molecule has 0 bridgehead atoms. The molecule has 20 heavy (non-hydrogen) atoms. The van der Waals surface area contributed by atoms with E-state index in [1.165, 1.54) is 18.4 Å². The van der Waals surface area contributed by atoms with Crippen LogP contribution in [0.1, 0.15) is 18.4 Å². The first kappa shape index (κ1) is 11.7. The van der Waals surface area contributed by atoms with Crippen molar-refractivity contribution in [2.75, 3.05) is 24.6 Å². The first-order valence-corrected chi connectivity index (χ1v) is 7.24. The molecule has 1 aromatic heterocycles. The van der Waals surface area contributed by atoms with Crippen molar-refractivity contribution in [1.29, 1.82) is 0 Å². The van der Waals surface area contributed by atoms with Crippen LogP contribution >= 0.6 is 0 Å². The Morgan fingerprint density at radius 3 is 2.65 bits per heavy atom. The van der Waals surface area contributed by atoms with Gasteiger partial charge in [-0.3, -0.25) is 0 Å². The Balaban J connectivity index is 1.67. The number of para-hydroxylation sites is 1. The van der Waals surface area contributed by atoms with Gasteiger partial charge < -0.3 is 9.64 Å². The fraction of sp³-hybridized carbons (Fsp3) is 0.375. The van der Waals surface area contributed by atoms with Crippen molar-refractivity contribution >= 4 is 5.95 Å². The van der Waals surface area contributed by atoms with Crippen LogP contribution in [0.15, 0.2) is 30.6 Å². The highest BCUT2D eigenvalue weighted by Crippen LogP contribution is 2.36. The molecule has 0 unspecified atom stereocenters. The lowest BCUT2D eigenvalue weighted by atomic mass is 10.0. The second-order valence-corrected chi connectivity index (χ2v) is 5.36. The summed E-state index contributed by atoms with van der Waals surface area (Å²) >= 11 is 0.